The summed E-state index contributed by atoms with van der Waals surface area (Å²) in [5.41, 5.74) is -5.39. The maximum Gasteiger partial charge on any atom is 0.438 e. The molecule has 1 atom stereocenters. The molecule has 1 aromatic carbocycles. The number of hydrogen-bond acceptors (Lipinski definition) is 4. The monoisotopic (exact) mass is 478 g/mol. The zero-order chi connectivity index (χ0) is 24.5. The van der Waals surface area contributed by atoms with Crippen molar-refractivity contribution >= 4 is 16.1 Å². The molecule has 0 heterocycles. The second-order valence-electron chi connectivity index (χ2n) is 8.43. The summed E-state index contributed by atoms with van der Waals surface area (Å²) < 4.78 is 114. The van der Waals surface area contributed by atoms with Crippen LogP contribution in [0.15, 0.2) is 24.3 Å². The van der Waals surface area contributed by atoms with Gasteiger partial charge in [0.15, 0.2) is 0 Å². The number of carbonyl (C=O) groups is 1. The Hall–Kier alpha value is -1.82. The lowest BCUT2D eigenvalue weighted by atomic mass is 9.80. The first-order chi connectivity index (χ1) is 13.7. The summed E-state index contributed by atoms with van der Waals surface area (Å²) in [4.78, 5) is 12.1. The van der Waals surface area contributed by atoms with Crippen molar-refractivity contribution in [1.29, 1.82) is 0 Å². The third kappa shape index (κ3) is 7.09. The number of halogens is 6. The molecule has 0 fully saturated rings. The highest BCUT2D eigenvalue weighted by Gasteiger charge is 2.76. The SMILES string of the molecule is CCC(CC(C)(C)C)c1ccc(C(=O)OC(CS(=O)(=O)O)(C(F)(F)F)C(F)(F)F)cc1. The summed E-state index contributed by atoms with van der Waals surface area (Å²) in [7, 11) is -5.83. The van der Waals surface area contributed by atoms with Crippen LogP contribution >= 0.6 is 0 Å². The van der Waals surface area contributed by atoms with Gasteiger partial charge in [0.2, 0.25) is 0 Å². The van der Waals surface area contributed by atoms with Gasteiger partial charge in [0.25, 0.3) is 10.1 Å². The molecule has 0 spiro atoms. The molecule has 1 N–H and O–H groups in total. The van der Waals surface area contributed by atoms with E-state index in [1.54, 1.807) is 0 Å². The maximum absolute atomic E-state index is 13.3. The Kier molecular flexibility index (Phi) is 7.87. The molecule has 31 heavy (non-hydrogen) atoms. The number of esters is 1. The average Bonchev–Trinajstić information content (AvgIpc) is 2.55. The fourth-order valence-electron chi connectivity index (χ4n) is 3.07. The molecule has 1 unspecified atom stereocenters. The highest BCUT2D eigenvalue weighted by Crippen LogP contribution is 2.47. The van der Waals surface area contributed by atoms with Crippen LogP contribution in [-0.4, -0.2) is 42.6 Å². The third-order valence-electron chi connectivity index (χ3n) is 4.54. The number of benzene rings is 1. The quantitative estimate of drug-likeness (QED) is 0.317. The van der Waals surface area contributed by atoms with E-state index in [2.05, 4.69) is 4.74 Å². The average molecular weight is 478 g/mol. The summed E-state index contributed by atoms with van der Waals surface area (Å²) in [5.74, 6) is -4.91. The van der Waals surface area contributed by atoms with Crippen molar-refractivity contribution in [2.45, 2.75) is 64.4 Å². The first-order valence-corrected chi connectivity index (χ1v) is 10.8. The van der Waals surface area contributed by atoms with Gasteiger partial charge in [0.1, 0.15) is 5.75 Å². The molecule has 178 valence electrons. The van der Waals surface area contributed by atoms with Crippen molar-refractivity contribution < 1.29 is 48.8 Å². The molecular formula is C19H24F6O5S. The van der Waals surface area contributed by atoms with E-state index >= 15 is 0 Å². The lowest BCUT2D eigenvalue weighted by molar-refractivity contribution is -0.356. The van der Waals surface area contributed by atoms with E-state index in [1.807, 2.05) is 27.7 Å². The van der Waals surface area contributed by atoms with Crippen molar-refractivity contribution in [3.05, 3.63) is 35.4 Å². The summed E-state index contributed by atoms with van der Waals surface area (Å²) in [6, 6.07) is 4.80. The van der Waals surface area contributed by atoms with Crippen molar-refractivity contribution in [1.82, 2.24) is 0 Å². The lowest BCUT2D eigenvalue weighted by Crippen LogP contribution is -2.63. The molecule has 0 aliphatic carbocycles. The standard InChI is InChI=1S/C19H24F6O5S/c1-5-12(10-16(2,3)4)13-6-8-14(9-7-13)15(26)30-17(18(20,21)22,19(23,24)25)11-31(27,28)29/h6-9,12H,5,10-11H2,1-4H3,(H,27,28,29). The van der Waals surface area contributed by atoms with Gasteiger partial charge < -0.3 is 4.74 Å². The molecule has 0 radical (unpaired) electrons. The Bertz CT molecular complexity index is 853. The van der Waals surface area contributed by atoms with E-state index in [1.165, 1.54) is 12.1 Å². The number of alkyl halides is 6. The summed E-state index contributed by atoms with van der Waals surface area (Å²) >= 11 is 0. The van der Waals surface area contributed by atoms with Crippen LogP contribution in [0.3, 0.4) is 0 Å². The second kappa shape index (κ2) is 8.97. The maximum atomic E-state index is 13.3. The van der Waals surface area contributed by atoms with Gasteiger partial charge >= 0.3 is 23.9 Å². The van der Waals surface area contributed by atoms with Gasteiger partial charge in [-0.05, 0) is 41.9 Å². The van der Waals surface area contributed by atoms with E-state index in [0.717, 1.165) is 24.1 Å². The predicted octanol–water partition coefficient (Wildman–Crippen LogP) is 5.52. The predicted molar refractivity (Wildman–Crippen MR) is 100 cm³/mol. The van der Waals surface area contributed by atoms with Gasteiger partial charge in [-0.25, -0.2) is 4.79 Å². The van der Waals surface area contributed by atoms with Crippen LogP contribution in [0.4, 0.5) is 26.3 Å². The third-order valence-corrected chi connectivity index (χ3v) is 5.31. The largest absolute Gasteiger partial charge is 0.438 e. The Balaban J connectivity index is 3.31. The van der Waals surface area contributed by atoms with E-state index < -0.39 is 45.4 Å². The number of carbonyl (C=O) groups excluding carboxylic acids is 1. The first-order valence-electron chi connectivity index (χ1n) is 9.14. The molecule has 0 aliphatic rings. The summed E-state index contributed by atoms with van der Waals surface area (Å²) in [6.45, 7) is 7.92. The molecule has 0 amide bonds. The topological polar surface area (TPSA) is 80.7 Å². The zero-order valence-electron chi connectivity index (χ0n) is 17.3. The van der Waals surface area contributed by atoms with Gasteiger partial charge in [-0.3, -0.25) is 4.55 Å². The van der Waals surface area contributed by atoms with Gasteiger partial charge in [-0.2, -0.15) is 34.8 Å². The lowest BCUT2D eigenvalue weighted by Gasteiger charge is -2.35. The highest BCUT2D eigenvalue weighted by molar-refractivity contribution is 7.85. The van der Waals surface area contributed by atoms with Crippen LogP contribution < -0.4 is 0 Å². The van der Waals surface area contributed by atoms with Crippen LogP contribution in [0.1, 0.15) is 62.4 Å². The van der Waals surface area contributed by atoms with E-state index in [0.29, 0.717) is 6.42 Å². The molecular weight excluding hydrogens is 454 g/mol. The van der Waals surface area contributed by atoms with Crippen LogP contribution in [0.2, 0.25) is 0 Å². The summed E-state index contributed by atoms with van der Waals surface area (Å²) in [6.07, 6.45) is -11.3. The fraction of sp³-hybridized carbons (Fsp3) is 0.632. The van der Waals surface area contributed by atoms with Crippen LogP contribution in [0, 0.1) is 5.41 Å². The normalized spacial score (nSPS) is 14.9. The minimum absolute atomic E-state index is 0.0362. The smallest absolute Gasteiger partial charge is 0.435 e. The highest BCUT2D eigenvalue weighted by atomic mass is 32.2. The molecule has 0 saturated heterocycles. The molecule has 0 aromatic heterocycles. The minimum atomic E-state index is -6.36. The Labute approximate surface area is 176 Å². The zero-order valence-corrected chi connectivity index (χ0v) is 18.1. The van der Waals surface area contributed by atoms with Gasteiger partial charge in [0, 0.05) is 0 Å². The van der Waals surface area contributed by atoms with Gasteiger partial charge in [-0.1, -0.05) is 39.8 Å². The van der Waals surface area contributed by atoms with Crippen LogP contribution in [-0.2, 0) is 14.9 Å². The number of hydrogen-bond donors (Lipinski definition) is 1. The van der Waals surface area contributed by atoms with Crippen molar-refractivity contribution in [3.8, 4) is 0 Å². The molecule has 1 aromatic rings. The molecule has 5 nitrogen and oxygen atoms in total. The van der Waals surface area contributed by atoms with Crippen molar-refractivity contribution in [2.24, 2.45) is 5.41 Å². The summed E-state index contributed by atoms with van der Waals surface area (Å²) in [5, 5.41) is 0. The van der Waals surface area contributed by atoms with Crippen molar-refractivity contribution in [2.75, 3.05) is 5.75 Å². The van der Waals surface area contributed by atoms with Crippen LogP contribution in [0.25, 0.3) is 0 Å². The van der Waals surface area contributed by atoms with E-state index in [9.17, 15) is 39.6 Å². The Morgan fingerprint density at radius 1 is 1.00 bits per heavy atom. The van der Waals surface area contributed by atoms with E-state index in [-0.39, 0.29) is 11.3 Å². The molecule has 0 aliphatic heterocycles. The first kappa shape index (κ1) is 27.2. The second-order valence-corrected chi connectivity index (χ2v) is 9.88. The van der Waals surface area contributed by atoms with Crippen molar-refractivity contribution in [3.63, 3.8) is 0 Å². The fourth-order valence-corrected chi connectivity index (χ4v) is 3.97. The molecule has 1 rings (SSSR count). The minimum Gasteiger partial charge on any atom is -0.435 e. The number of ether oxygens (including phenoxy) is 1. The molecule has 0 bridgehead atoms. The van der Waals surface area contributed by atoms with E-state index in [4.69, 9.17) is 4.55 Å². The Morgan fingerprint density at radius 3 is 1.77 bits per heavy atom. The van der Waals surface area contributed by atoms with Gasteiger partial charge in [0.05, 0.1) is 5.56 Å². The van der Waals surface area contributed by atoms with Gasteiger partial charge in [-0.15, -0.1) is 0 Å². The number of rotatable bonds is 7. The molecule has 0 saturated carbocycles. The van der Waals surface area contributed by atoms with Crippen LogP contribution in [0.5, 0.6) is 0 Å². The Morgan fingerprint density at radius 2 is 1.45 bits per heavy atom. The molecule has 12 heteroatoms.